The molecule has 3 N–H and O–H groups in total. The third kappa shape index (κ3) is 3.25. The number of aliphatic hydroxyl groups excluding tert-OH is 1. The van der Waals surface area contributed by atoms with E-state index < -0.39 is 6.23 Å². The van der Waals surface area contributed by atoms with Crippen LogP contribution in [0.2, 0.25) is 0 Å². The summed E-state index contributed by atoms with van der Waals surface area (Å²) in [5.74, 6) is 2.05. The van der Waals surface area contributed by atoms with Gasteiger partial charge < -0.3 is 10.8 Å². The van der Waals surface area contributed by atoms with Gasteiger partial charge in [0.15, 0.2) is 0 Å². The second-order valence-electron chi connectivity index (χ2n) is 4.90. The van der Waals surface area contributed by atoms with Crippen LogP contribution in [0.1, 0.15) is 52.4 Å². The Morgan fingerprint density at radius 2 is 1.79 bits per heavy atom. The lowest BCUT2D eigenvalue weighted by molar-refractivity contribution is 0.103. The summed E-state index contributed by atoms with van der Waals surface area (Å²) < 4.78 is 0. The molecule has 0 heterocycles. The van der Waals surface area contributed by atoms with Gasteiger partial charge in [0.05, 0.1) is 0 Å². The lowest BCUT2D eigenvalue weighted by Gasteiger charge is -2.21. The predicted octanol–water partition coefficient (Wildman–Crippen LogP) is 2.51. The molecule has 0 aromatic rings. The zero-order valence-corrected chi connectivity index (χ0v) is 9.58. The van der Waals surface area contributed by atoms with E-state index in [1.165, 1.54) is 25.7 Å². The molecule has 84 valence electrons. The van der Waals surface area contributed by atoms with Crippen LogP contribution in [0.3, 0.4) is 0 Å². The van der Waals surface area contributed by atoms with Crippen molar-refractivity contribution < 1.29 is 5.11 Å². The lowest BCUT2D eigenvalue weighted by atomic mass is 9.85. The molecule has 0 saturated heterocycles. The first kappa shape index (κ1) is 12.0. The SMILES string of the molecule is CCC(C)C1CCCC([C@H](N)O)CC1. The van der Waals surface area contributed by atoms with Crippen molar-refractivity contribution in [2.75, 3.05) is 0 Å². The Morgan fingerprint density at radius 1 is 1.21 bits per heavy atom. The second-order valence-corrected chi connectivity index (χ2v) is 4.90. The van der Waals surface area contributed by atoms with Crippen molar-refractivity contribution in [3.8, 4) is 0 Å². The van der Waals surface area contributed by atoms with Crippen LogP contribution in [0.5, 0.6) is 0 Å². The Balaban J connectivity index is 2.40. The summed E-state index contributed by atoms with van der Waals surface area (Å²) in [7, 11) is 0. The highest BCUT2D eigenvalue weighted by Gasteiger charge is 2.24. The molecule has 0 aliphatic heterocycles. The minimum absolute atomic E-state index is 0.351. The van der Waals surface area contributed by atoms with E-state index in [-0.39, 0.29) is 0 Å². The van der Waals surface area contributed by atoms with Crippen molar-refractivity contribution in [2.24, 2.45) is 23.5 Å². The van der Waals surface area contributed by atoms with Crippen molar-refractivity contribution in [3.63, 3.8) is 0 Å². The van der Waals surface area contributed by atoms with Gasteiger partial charge in [-0.25, -0.2) is 0 Å². The molecule has 3 unspecified atom stereocenters. The van der Waals surface area contributed by atoms with Gasteiger partial charge in [-0.3, -0.25) is 0 Å². The van der Waals surface area contributed by atoms with Crippen molar-refractivity contribution in [1.29, 1.82) is 0 Å². The molecule has 1 aliphatic rings. The molecule has 1 saturated carbocycles. The Bertz CT molecular complexity index is 158. The van der Waals surface area contributed by atoms with E-state index in [1.807, 2.05) is 0 Å². The summed E-state index contributed by atoms with van der Waals surface area (Å²) in [5, 5.41) is 9.36. The van der Waals surface area contributed by atoms with Crippen LogP contribution >= 0.6 is 0 Å². The summed E-state index contributed by atoms with van der Waals surface area (Å²) in [6.45, 7) is 4.62. The standard InChI is InChI=1S/C12H25NO/c1-3-9(2)10-5-4-6-11(8-7-10)12(13)14/h9-12,14H,3-8,13H2,1-2H3/t9?,10?,11?,12-/m1/s1. The van der Waals surface area contributed by atoms with Gasteiger partial charge in [0, 0.05) is 0 Å². The van der Waals surface area contributed by atoms with Crippen LogP contribution in [-0.4, -0.2) is 11.3 Å². The first-order chi connectivity index (χ1) is 6.65. The number of nitrogens with two attached hydrogens (primary N) is 1. The van der Waals surface area contributed by atoms with Gasteiger partial charge in [0.2, 0.25) is 0 Å². The van der Waals surface area contributed by atoms with Crippen LogP contribution in [0, 0.1) is 17.8 Å². The van der Waals surface area contributed by atoms with Gasteiger partial charge in [-0.15, -0.1) is 0 Å². The smallest absolute Gasteiger partial charge is 0.105 e. The van der Waals surface area contributed by atoms with Gasteiger partial charge >= 0.3 is 0 Å². The van der Waals surface area contributed by atoms with Crippen molar-refractivity contribution in [1.82, 2.24) is 0 Å². The molecule has 0 amide bonds. The normalized spacial score (nSPS) is 33.4. The van der Waals surface area contributed by atoms with Gasteiger partial charge in [-0.05, 0) is 37.0 Å². The first-order valence-electron chi connectivity index (χ1n) is 6.08. The molecule has 0 aromatic heterocycles. The molecule has 1 aliphatic carbocycles. The molecule has 0 bridgehead atoms. The van der Waals surface area contributed by atoms with E-state index in [1.54, 1.807) is 0 Å². The Labute approximate surface area is 87.9 Å². The van der Waals surface area contributed by atoms with Crippen LogP contribution in [0.15, 0.2) is 0 Å². The molecular weight excluding hydrogens is 174 g/mol. The maximum atomic E-state index is 9.36. The van der Waals surface area contributed by atoms with E-state index in [2.05, 4.69) is 13.8 Å². The third-order valence-electron chi connectivity index (χ3n) is 3.99. The highest BCUT2D eigenvalue weighted by atomic mass is 16.3. The fraction of sp³-hybridized carbons (Fsp3) is 1.00. The van der Waals surface area contributed by atoms with Crippen LogP contribution < -0.4 is 5.73 Å². The average molecular weight is 199 g/mol. The molecule has 14 heavy (non-hydrogen) atoms. The zero-order valence-electron chi connectivity index (χ0n) is 9.58. The Kier molecular flexibility index (Phi) is 4.90. The fourth-order valence-electron chi connectivity index (χ4n) is 2.60. The topological polar surface area (TPSA) is 46.2 Å². The summed E-state index contributed by atoms with van der Waals surface area (Å²) in [4.78, 5) is 0. The molecule has 1 rings (SSSR count). The van der Waals surface area contributed by atoms with E-state index >= 15 is 0 Å². The van der Waals surface area contributed by atoms with E-state index in [4.69, 9.17) is 5.73 Å². The summed E-state index contributed by atoms with van der Waals surface area (Å²) >= 11 is 0. The van der Waals surface area contributed by atoms with E-state index in [9.17, 15) is 5.11 Å². The van der Waals surface area contributed by atoms with Gasteiger partial charge in [0.1, 0.15) is 6.23 Å². The van der Waals surface area contributed by atoms with Crippen molar-refractivity contribution in [2.45, 2.75) is 58.6 Å². The fourth-order valence-corrected chi connectivity index (χ4v) is 2.60. The highest BCUT2D eigenvalue weighted by molar-refractivity contribution is 4.75. The quantitative estimate of drug-likeness (QED) is 0.542. The first-order valence-corrected chi connectivity index (χ1v) is 6.08. The number of rotatable bonds is 3. The van der Waals surface area contributed by atoms with Crippen LogP contribution in [0.25, 0.3) is 0 Å². The van der Waals surface area contributed by atoms with E-state index in [0.29, 0.717) is 5.92 Å². The van der Waals surface area contributed by atoms with Crippen LogP contribution in [-0.2, 0) is 0 Å². The monoisotopic (exact) mass is 199 g/mol. The highest BCUT2D eigenvalue weighted by Crippen LogP contribution is 2.33. The molecular formula is C12H25NO. The lowest BCUT2D eigenvalue weighted by Crippen LogP contribution is -2.29. The number of aliphatic hydroxyl groups is 1. The summed E-state index contributed by atoms with van der Waals surface area (Å²) in [6.07, 6.45) is 6.75. The van der Waals surface area contributed by atoms with Crippen molar-refractivity contribution >= 4 is 0 Å². The molecule has 2 heteroatoms. The van der Waals surface area contributed by atoms with Crippen LogP contribution in [0.4, 0.5) is 0 Å². The maximum absolute atomic E-state index is 9.36. The van der Waals surface area contributed by atoms with Gasteiger partial charge in [-0.1, -0.05) is 33.1 Å². The minimum Gasteiger partial charge on any atom is -0.379 e. The summed E-state index contributed by atoms with van der Waals surface area (Å²) in [5.41, 5.74) is 5.55. The summed E-state index contributed by atoms with van der Waals surface area (Å²) in [6, 6.07) is 0. The number of hydrogen-bond acceptors (Lipinski definition) is 2. The third-order valence-corrected chi connectivity index (χ3v) is 3.99. The second kappa shape index (κ2) is 5.72. The van der Waals surface area contributed by atoms with Gasteiger partial charge in [0.25, 0.3) is 0 Å². The molecule has 4 atom stereocenters. The van der Waals surface area contributed by atoms with Crippen molar-refractivity contribution in [3.05, 3.63) is 0 Å². The molecule has 0 spiro atoms. The Hall–Kier alpha value is -0.0800. The predicted molar refractivity (Wildman–Crippen MR) is 59.7 cm³/mol. The molecule has 2 nitrogen and oxygen atoms in total. The average Bonchev–Trinajstić information content (AvgIpc) is 2.41. The minimum atomic E-state index is -0.592. The Morgan fingerprint density at radius 3 is 2.36 bits per heavy atom. The largest absolute Gasteiger partial charge is 0.379 e. The molecule has 0 radical (unpaired) electrons. The molecule has 0 aromatic carbocycles. The maximum Gasteiger partial charge on any atom is 0.105 e. The van der Waals surface area contributed by atoms with Gasteiger partial charge in [-0.2, -0.15) is 0 Å². The number of hydrogen-bond donors (Lipinski definition) is 2. The zero-order chi connectivity index (χ0) is 10.6. The van der Waals surface area contributed by atoms with E-state index in [0.717, 1.165) is 24.7 Å². The molecule has 1 fully saturated rings.